The van der Waals surface area contributed by atoms with E-state index in [1.54, 1.807) is 24.3 Å². The summed E-state index contributed by atoms with van der Waals surface area (Å²) in [7, 11) is 0. The van der Waals surface area contributed by atoms with Gasteiger partial charge in [0, 0.05) is 34.2 Å². The quantitative estimate of drug-likeness (QED) is 0.107. The van der Waals surface area contributed by atoms with E-state index in [2.05, 4.69) is 20.9 Å². The van der Waals surface area contributed by atoms with Crippen molar-refractivity contribution in [3.63, 3.8) is 0 Å². The zero-order valence-corrected chi connectivity index (χ0v) is 34.9. The minimum Gasteiger partial charge on any atom is -0.493 e. The molecule has 4 fully saturated rings. The van der Waals surface area contributed by atoms with E-state index in [1.165, 1.54) is 11.0 Å². The number of alkyl halides is 3. The maximum Gasteiger partial charge on any atom is 0.417 e. The highest BCUT2D eigenvalue weighted by Gasteiger charge is 2.60. The van der Waals surface area contributed by atoms with Gasteiger partial charge < -0.3 is 20.3 Å². The fourth-order valence-electron chi connectivity index (χ4n) is 8.67. The minimum absolute atomic E-state index is 0.0357. The molecule has 12 nitrogen and oxygen atoms in total. The first-order chi connectivity index (χ1) is 28.6. The number of hydrogen-bond donors (Lipinski definition) is 4. The molecule has 1 spiro atoms. The SMILES string of the molecule is CCc1cc(N2[C@@H](S)N(c3ccc(C#N)c(C(F)(F)F)c3)C(=O)C23CCC3)ccc1OCCC1CCN([C@H](C)C(=O)Nc2cc(Cl)cc(N[C@@H]3CCC(=O)NC3=O)c2)CC1. The monoisotopic (exact) mass is 865 g/mol. The maximum absolute atomic E-state index is 14.0. The number of thiol groups is 1. The summed E-state index contributed by atoms with van der Waals surface area (Å²) in [4.78, 5) is 56.4. The van der Waals surface area contributed by atoms with Crippen LogP contribution in [0.1, 0.15) is 81.9 Å². The van der Waals surface area contributed by atoms with E-state index in [9.17, 15) is 37.6 Å². The van der Waals surface area contributed by atoms with Gasteiger partial charge >= 0.3 is 6.18 Å². The van der Waals surface area contributed by atoms with Crippen LogP contribution >= 0.6 is 24.2 Å². The average Bonchev–Trinajstić information content (AvgIpc) is 3.44. The van der Waals surface area contributed by atoms with Crippen molar-refractivity contribution in [1.29, 1.82) is 5.26 Å². The van der Waals surface area contributed by atoms with Crippen molar-refractivity contribution >= 4 is 70.6 Å². The van der Waals surface area contributed by atoms with Crippen LogP contribution in [0, 0.1) is 17.2 Å². The maximum atomic E-state index is 14.0. The summed E-state index contributed by atoms with van der Waals surface area (Å²) in [6.07, 6.45) is 0.966. The van der Waals surface area contributed by atoms with Crippen LogP contribution in [0.2, 0.25) is 5.02 Å². The number of nitriles is 1. The summed E-state index contributed by atoms with van der Waals surface area (Å²) < 4.78 is 47.9. The van der Waals surface area contributed by atoms with Crippen molar-refractivity contribution in [3.05, 3.63) is 76.3 Å². The highest BCUT2D eigenvalue weighted by molar-refractivity contribution is 7.81. The van der Waals surface area contributed by atoms with Gasteiger partial charge in [-0.15, -0.1) is 12.6 Å². The lowest BCUT2D eigenvalue weighted by Gasteiger charge is -2.44. The molecule has 1 saturated carbocycles. The summed E-state index contributed by atoms with van der Waals surface area (Å²) in [5.41, 5.74) is -0.669. The topological polar surface area (TPSA) is 147 Å². The number of piperidine rings is 2. The molecular weight excluding hydrogens is 819 g/mol. The molecular formula is C43H47ClF3N7O5S. The molecule has 4 amide bonds. The van der Waals surface area contributed by atoms with Gasteiger partial charge in [0.05, 0.1) is 29.8 Å². The van der Waals surface area contributed by atoms with Gasteiger partial charge in [-0.1, -0.05) is 18.5 Å². The van der Waals surface area contributed by atoms with E-state index in [0.717, 1.165) is 67.9 Å². The summed E-state index contributed by atoms with van der Waals surface area (Å²) >= 11 is 11.2. The Kier molecular flexibility index (Phi) is 12.6. The largest absolute Gasteiger partial charge is 0.493 e. The van der Waals surface area contributed by atoms with Gasteiger partial charge in [-0.3, -0.25) is 34.3 Å². The number of halogens is 4. The molecule has 3 N–H and O–H groups in total. The summed E-state index contributed by atoms with van der Waals surface area (Å²) in [5.74, 6) is -0.0710. The number of aryl methyl sites for hydroxylation is 1. The van der Waals surface area contributed by atoms with Crippen LogP contribution in [-0.2, 0) is 31.8 Å². The fraction of sp³-hybridized carbons (Fsp3) is 0.465. The van der Waals surface area contributed by atoms with Crippen LogP contribution in [0.5, 0.6) is 5.75 Å². The molecule has 3 aliphatic heterocycles. The van der Waals surface area contributed by atoms with Gasteiger partial charge in [-0.05, 0) is 137 Å². The normalized spacial score (nSPS) is 21.3. The third-order valence-corrected chi connectivity index (χ3v) is 12.9. The first kappa shape index (κ1) is 43.1. The van der Waals surface area contributed by atoms with Crippen molar-refractivity contribution < 1.29 is 37.1 Å². The van der Waals surface area contributed by atoms with Gasteiger partial charge in [0.1, 0.15) is 17.3 Å². The number of nitrogens with one attached hydrogen (secondary N) is 3. The Morgan fingerprint density at radius 3 is 2.42 bits per heavy atom. The highest BCUT2D eigenvalue weighted by Crippen LogP contribution is 2.51. The predicted octanol–water partition coefficient (Wildman–Crippen LogP) is 7.51. The fourth-order valence-corrected chi connectivity index (χ4v) is 9.50. The minimum atomic E-state index is -4.77. The molecule has 60 heavy (non-hydrogen) atoms. The number of carbonyl (C=O) groups is 4. The van der Waals surface area contributed by atoms with Crippen molar-refractivity contribution in [1.82, 2.24) is 10.2 Å². The standard InChI is InChI=1S/C43H47ClF3N7O5S/c1-3-27-19-33(54-41(60)53(40(58)42(54)14-4-15-42)32-6-5-28(24-48)34(23-32)43(45,46)47)7-9-36(27)59-18-13-26-11-16-52(17-12-26)25(2)38(56)50-31-21-29(44)20-30(22-31)49-35-8-10-37(55)51-39(35)57/h5-7,9,19-23,25-26,35,41,49,60H,3-4,8,10-18H2,1-2H3,(H,50,56)(H,51,55,57)/t25-,35-,41+/m1/s1. The number of carbonyl (C=O) groups excluding carboxylic acids is 4. The molecule has 0 aromatic heterocycles. The summed E-state index contributed by atoms with van der Waals surface area (Å²) in [5, 5.41) is 18.1. The number of rotatable bonds is 12. The van der Waals surface area contributed by atoms with Gasteiger partial charge in [-0.2, -0.15) is 18.4 Å². The second-order valence-electron chi connectivity index (χ2n) is 15.9. The molecule has 3 heterocycles. The summed E-state index contributed by atoms with van der Waals surface area (Å²) in [6.45, 7) is 5.86. The smallest absolute Gasteiger partial charge is 0.417 e. The number of benzene rings is 3. The van der Waals surface area contributed by atoms with Crippen LogP contribution in [0.3, 0.4) is 0 Å². The van der Waals surface area contributed by atoms with Gasteiger partial charge in [0.15, 0.2) is 5.50 Å². The molecule has 4 aliphatic rings. The Bertz CT molecular complexity index is 2210. The van der Waals surface area contributed by atoms with E-state index in [-0.39, 0.29) is 29.8 Å². The Morgan fingerprint density at radius 1 is 1.05 bits per heavy atom. The van der Waals surface area contributed by atoms with Crippen molar-refractivity contribution in [3.8, 4) is 11.8 Å². The Morgan fingerprint density at radius 2 is 1.77 bits per heavy atom. The summed E-state index contributed by atoms with van der Waals surface area (Å²) in [6, 6.07) is 14.7. The number of hydrogen-bond acceptors (Lipinski definition) is 10. The molecule has 318 valence electrons. The lowest BCUT2D eigenvalue weighted by molar-refractivity contribution is -0.138. The third-order valence-electron chi connectivity index (χ3n) is 12.2. The van der Waals surface area contributed by atoms with Gasteiger partial charge in [0.25, 0.3) is 5.91 Å². The first-order valence-corrected chi connectivity index (χ1v) is 21.1. The predicted molar refractivity (Wildman–Crippen MR) is 225 cm³/mol. The Balaban J connectivity index is 0.927. The number of nitrogens with zero attached hydrogens (tertiary/aromatic N) is 4. The lowest BCUT2D eigenvalue weighted by Crippen LogP contribution is -2.55. The molecule has 0 bridgehead atoms. The van der Waals surface area contributed by atoms with Gasteiger partial charge in [0.2, 0.25) is 17.7 Å². The Labute approximate surface area is 357 Å². The number of imide groups is 1. The number of likely N-dealkylation sites (tertiary alicyclic amines) is 1. The van der Waals surface area contributed by atoms with Crippen molar-refractivity contribution in [2.24, 2.45) is 5.92 Å². The van der Waals surface area contributed by atoms with E-state index >= 15 is 0 Å². The van der Waals surface area contributed by atoms with E-state index < -0.39 is 46.3 Å². The average molecular weight is 866 g/mol. The van der Waals surface area contributed by atoms with Crippen LogP contribution < -0.4 is 30.5 Å². The van der Waals surface area contributed by atoms with Crippen LogP contribution in [0.25, 0.3) is 0 Å². The molecule has 3 aromatic rings. The number of anilines is 4. The number of ether oxygens (including phenoxy) is 1. The van der Waals surface area contributed by atoms with E-state index in [1.807, 2.05) is 36.9 Å². The molecule has 3 aromatic carbocycles. The lowest BCUT2D eigenvalue weighted by atomic mass is 9.75. The van der Waals surface area contributed by atoms with E-state index in [0.29, 0.717) is 54.6 Å². The molecule has 3 atom stereocenters. The van der Waals surface area contributed by atoms with Crippen molar-refractivity contribution in [2.75, 3.05) is 40.1 Å². The highest BCUT2D eigenvalue weighted by atomic mass is 35.5. The second-order valence-corrected chi connectivity index (χ2v) is 16.8. The number of amides is 4. The van der Waals surface area contributed by atoms with Gasteiger partial charge in [-0.25, -0.2) is 0 Å². The van der Waals surface area contributed by atoms with Crippen LogP contribution in [0.15, 0.2) is 54.6 Å². The molecule has 0 radical (unpaired) electrons. The Hall–Kier alpha value is -4.98. The molecule has 17 heteroatoms. The van der Waals surface area contributed by atoms with Crippen molar-refractivity contribution in [2.45, 2.75) is 101 Å². The molecule has 0 unspecified atom stereocenters. The van der Waals surface area contributed by atoms with E-state index in [4.69, 9.17) is 29.0 Å². The molecule has 7 rings (SSSR count). The molecule has 3 saturated heterocycles. The zero-order chi connectivity index (χ0) is 42.9. The molecule has 1 aliphatic carbocycles. The van der Waals surface area contributed by atoms with Crippen LogP contribution in [-0.4, -0.2) is 71.3 Å². The third kappa shape index (κ3) is 8.75. The van der Waals surface area contributed by atoms with Crippen LogP contribution in [0.4, 0.5) is 35.9 Å². The first-order valence-electron chi connectivity index (χ1n) is 20.3. The second kappa shape index (κ2) is 17.6. The zero-order valence-electron chi connectivity index (χ0n) is 33.3.